The first-order valence-corrected chi connectivity index (χ1v) is 8.69. The molecule has 0 saturated carbocycles. The molecule has 0 fully saturated rings. The van der Waals surface area contributed by atoms with E-state index in [2.05, 4.69) is 5.32 Å². The van der Waals surface area contributed by atoms with Crippen LogP contribution in [0.2, 0.25) is 9.36 Å². The number of carbonyl (C=O) groups is 1. The van der Waals surface area contributed by atoms with Gasteiger partial charge >= 0.3 is 0 Å². The lowest BCUT2D eigenvalue weighted by Crippen LogP contribution is -2.24. The summed E-state index contributed by atoms with van der Waals surface area (Å²) in [6, 6.07) is 11.3. The summed E-state index contributed by atoms with van der Waals surface area (Å²) >= 11 is 14.9. The molecule has 2 rings (SSSR count). The van der Waals surface area contributed by atoms with Gasteiger partial charge in [-0.25, -0.2) is 0 Å². The smallest absolute Gasteiger partial charge is 0.230 e. The molecule has 2 aromatic rings. The second-order valence-electron chi connectivity index (χ2n) is 4.11. The average Bonchev–Trinajstić information content (AvgIpc) is 2.82. The summed E-state index contributed by atoms with van der Waals surface area (Å²) in [7, 11) is 0. The summed E-state index contributed by atoms with van der Waals surface area (Å²) in [6.07, 6.45) is 0. The Balaban J connectivity index is 1.68. The van der Waals surface area contributed by atoms with E-state index in [1.807, 2.05) is 36.4 Å². The van der Waals surface area contributed by atoms with Crippen LogP contribution in [0.4, 0.5) is 0 Å². The second-order valence-corrected chi connectivity index (χ2v) is 7.33. The highest BCUT2D eigenvalue weighted by Crippen LogP contribution is 2.24. The molecule has 2 nitrogen and oxygen atoms in total. The maximum atomic E-state index is 11.7. The third-order valence-corrected chi connectivity index (χ3v) is 5.12. The Hall–Kier alpha value is -0.680. The molecule has 0 bridgehead atoms. The molecule has 0 aliphatic carbocycles. The highest BCUT2D eigenvalue weighted by molar-refractivity contribution is 7.99. The van der Waals surface area contributed by atoms with E-state index in [1.165, 1.54) is 4.88 Å². The predicted octanol–water partition coefficient (Wildman–Crippen LogP) is 4.60. The number of thioether (sulfide) groups is 1. The summed E-state index contributed by atoms with van der Waals surface area (Å²) < 4.78 is 0.783. The van der Waals surface area contributed by atoms with E-state index in [0.29, 0.717) is 17.3 Å². The van der Waals surface area contributed by atoms with Crippen molar-refractivity contribution in [3.8, 4) is 0 Å². The number of hydrogen-bond acceptors (Lipinski definition) is 3. The Bertz CT molecular complexity index is 586. The SMILES string of the molecule is O=C(CSCc1ccc(Cl)s1)NCc1cccc(Cl)c1. The maximum absolute atomic E-state index is 11.7. The topological polar surface area (TPSA) is 29.1 Å². The molecule has 0 aliphatic heterocycles. The van der Waals surface area contributed by atoms with Crippen LogP contribution in [-0.2, 0) is 17.1 Å². The Labute approximate surface area is 136 Å². The van der Waals surface area contributed by atoms with Gasteiger partial charge in [-0.15, -0.1) is 23.1 Å². The van der Waals surface area contributed by atoms with E-state index in [-0.39, 0.29) is 5.91 Å². The van der Waals surface area contributed by atoms with Crippen molar-refractivity contribution in [1.29, 1.82) is 0 Å². The number of nitrogens with one attached hydrogen (secondary N) is 1. The number of rotatable bonds is 6. The fourth-order valence-electron chi connectivity index (χ4n) is 1.57. The molecule has 0 spiro atoms. The molecule has 20 heavy (non-hydrogen) atoms. The standard InChI is InChI=1S/C14H13Cl2NOS2/c15-11-3-1-2-10(6-11)7-17-14(18)9-19-8-12-4-5-13(16)20-12/h1-6H,7-9H2,(H,17,18). The molecular formula is C14H13Cl2NOS2. The van der Waals surface area contributed by atoms with Gasteiger partial charge in [-0.3, -0.25) is 4.79 Å². The van der Waals surface area contributed by atoms with Crippen LogP contribution in [0, 0.1) is 0 Å². The molecule has 1 aromatic heterocycles. The number of benzene rings is 1. The zero-order chi connectivity index (χ0) is 14.4. The normalized spacial score (nSPS) is 10.5. The quantitative estimate of drug-likeness (QED) is 0.828. The minimum Gasteiger partial charge on any atom is -0.351 e. The van der Waals surface area contributed by atoms with Crippen LogP contribution in [0.25, 0.3) is 0 Å². The number of halogens is 2. The molecule has 1 amide bonds. The molecule has 1 N–H and O–H groups in total. The molecule has 0 aliphatic rings. The van der Waals surface area contributed by atoms with Crippen molar-refractivity contribution in [2.24, 2.45) is 0 Å². The first kappa shape index (κ1) is 15.7. The molecule has 1 aromatic carbocycles. The summed E-state index contributed by atoms with van der Waals surface area (Å²) in [5.41, 5.74) is 1.00. The molecule has 0 unspecified atom stereocenters. The van der Waals surface area contributed by atoms with E-state index in [0.717, 1.165) is 15.7 Å². The zero-order valence-corrected chi connectivity index (χ0v) is 13.7. The van der Waals surface area contributed by atoms with Crippen LogP contribution in [0.3, 0.4) is 0 Å². The largest absolute Gasteiger partial charge is 0.351 e. The van der Waals surface area contributed by atoms with Gasteiger partial charge in [-0.2, -0.15) is 0 Å². The number of thiophene rings is 1. The van der Waals surface area contributed by atoms with Crippen LogP contribution >= 0.6 is 46.3 Å². The van der Waals surface area contributed by atoms with Crippen LogP contribution in [0.15, 0.2) is 36.4 Å². The highest BCUT2D eigenvalue weighted by Gasteiger charge is 2.04. The highest BCUT2D eigenvalue weighted by atomic mass is 35.5. The van der Waals surface area contributed by atoms with E-state index in [9.17, 15) is 4.79 Å². The molecule has 0 atom stereocenters. The molecular weight excluding hydrogens is 333 g/mol. The van der Waals surface area contributed by atoms with Gasteiger partial charge in [0.2, 0.25) is 5.91 Å². The Morgan fingerprint density at radius 1 is 1.25 bits per heavy atom. The van der Waals surface area contributed by atoms with E-state index in [1.54, 1.807) is 23.1 Å². The number of amides is 1. The van der Waals surface area contributed by atoms with Gasteiger partial charge in [0, 0.05) is 22.2 Å². The summed E-state index contributed by atoms with van der Waals surface area (Å²) in [4.78, 5) is 12.9. The van der Waals surface area contributed by atoms with Gasteiger partial charge < -0.3 is 5.32 Å². The lowest BCUT2D eigenvalue weighted by atomic mass is 10.2. The molecule has 1 heterocycles. The lowest BCUT2D eigenvalue weighted by molar-refractivity contribution is -0.118. The van der Waals surface area contributed by atoms with Gasteiger partial charge in [-0.05, 0) is 29.8 Å². The van der Waals surface area contributed by atoms with Crippen LogP contribution in [0.1, 0.15) is 10.4 Å². The van der Waals surface area contributed by atoms with Crippen molar-refractivity contribution in [3.63, 3.8) is 0 Å². The lowest BCUT2D eigenvalue weighted by Gasteiger charge is -2.05. The van der Waals surface area contributed by atoms with E-state index in [4.69, 9.17) is 23.2 Å². The number of hydrogen-bond donors (Lipinski definition) is 1. The van der Waals surface area contributed by atoms with Crippen molar-refractivity contribution in [3.05, 3.63) is 56.2 Å². The van der Waals surface area contributed by atoms with E-state index < -0.39 is 0 Å². The minimum absolute atomic E-state index is 0.0256. The Morgan fingerprint density at radius 2 is 2.10 bits per heavy atom. The third-order valence-electron chi connectivity index (χ3n) is 2.49. The Morgan fingerprint density at radius 3 is 2.80 bits per heavy atom. The fraction of sp³-hybridized carbons (Fsp3) is 0.214. The van der Waals surface area contributed by atoms with Gasteiger partial charge in [-0.1, -0.05) is 35.3 Å². The monoisotopic (exact) mass is 345 g/mol. The molecule has 0 saturated heterocycles. The van der Waals surface area contributed by atoms with Crippen molar-refractivity contribution >= 4 is 52.2 Å². The molecule has 0 radical (unpaired) electrons. The summed E-state index contributed by atoms with van der Waals surface area (Å²) in [5.74, 6) is 1.27. The van der Waals surface area contributed by atoms with Gasteiger partial charge in [0.1, 0.15) is 0 Å². The van der Waals surface area contributed by atoms with Crippen LogP contribution in [0.5, 0.6) is 0 Å². The third kappa shape index (κ3) is 5.37. The maximum Gasteiger partial charge on any atom is 0.230 e. The second kappa shape index (κ2) is 7.93. The fourth-order valence-corrected chi connectivity index (χ4v) is 3.84. The first-order chi connectivity index (χ1) is 9.63. The van der Waals surface area contributed by atoms with E-state index >= 15 is 0 Å². The Kier molecular flexibility index (Phi) is 6.23. The summed E-state index contributed by atoms with van der Waals surface area (Å²) in [5, 5.41) is 3.56. The minimum atomic E-state index is 0.0256. The van der Waals surface area contributed by atoms with Crippen LogP contribution in [-0.4, -0.2) is 11.7 Å². The van der Waals surface area contributed by atoms with Crippen molar-refractivity contribution in [2.75, 3.05) is 5.75 Å². The van der Waals surface area contributed by atoms with Crippen LogP contribution < -0.4 is 5.32 Å². The predicted molar refractivity (Wildman–Crippen MR) is 88.8 cm³/mol. The number of carbonyl (C=O) groups excluding carboxylic acids is 1. The molecule has 106 valence electrons. The zero-order valence-electron chi connectivity index (χ0n) is 10.6. The first-order valence-electron chi connectivity index (χ1n) is 5.96. The van der Waals surface area contributed by atoms with Crippen molar-refractivity contribution in [2.45, 2.75) is 12.3 Å². The van der Waals surface area contributed by atoms with Crippen molar-refractivity contribution < 1.29 is 4.79 Å². The molecule has 6 heteroatoms. The van der Waals surface area contributed by atoms with Gasteiger partial charge in [0.25, 0.3) is 0 Å². The van der Waals surface area contributed by atoms with Gasteiger partial charge in [0.05, 0.1) is 10.1 Å². The van der Waals surface area contributed by atoms with Gasteiger partial charge in [0.15, 0.2) is 0 Å². The van der Waals surface area contributed by atoms with Crippen molar-refractivity contribution in [1.82, 2.24) is 5.32 Å². The average molecular weight is 346 g/mol. The summed E-state index contributed by atoms with van der Waals surface area (Å²) in [6.45, 7) is 0.505.